The van der Waals surface area contributed by atoms with Crippen molar-refractivity contribution in [1.82, 2.24) is 0 Å². The molecular weight excluding hydrogens is 209 g/mol. The van der Waals surface area contributed by atoms with Crippen LogP contribution in [-0.4, -0.2) is 12.4 Å². The van der Waals surface area contributed by atoms with E-state index in [-0.39, 0.29) is 17.1 Å². The maximum atomic E-state index is 13.3. The second-order valence-corrected chi connectivity index (χ2v) is 3.41. The van der Waals surface area contributed by atoms with Crippen molar-refractivity contribution >= 4 is 5.78 Å². The largest absolute Gasteiger partial charge is 0.491 e. The molecule has 0 atom stereocenters. The van der Waals surface area contributed by atoms with Crippen LogP contribution in [0.3, 0.4) is 0 Å². The molecule has 0 radical (unpaired) electrons. The predicted molar refractivity (Wildman–Crippen MR) is 56.5 cm³/mol. The molecule has 0 saturated heterocycles. The van der Waals surface area contributed by atoms with Gasteiger partial charge in [0.15, 0.2) is 11.6 Å². The molecule has 1 aromatic carbocycles. The minimum atomic E-state index is -0.554. The van der Waals surface area contributed by atoms with E-state index < -0.39 is 5.82 Å². The van der Waals surface area contributed by atoms with Crippen molar-refractivity contribution in [3.63, 3.8) is 0 Å². The Morgan fingerprint density at radius 2 is 2.31 bits per heavy atom. The van der Waals surface area contributed by atoms with Gasteiger partial charge in [0.1, 0.15) is 5.78 Å². The summed E-state index contributed by atoms with van der Waals surface area (Å²) in [6, 6.07) is 5.87. The molecule has 0 fully saturated rings. The highest BCUT2D eigenvalue weighted by atomic mass is 19.1. The van der Waals surface area contributed by atoms with E-state index in [0.717, 1.165) is 6.07 Å². The number of benzene rings is 1. The number of rotatable bonds is 5. The first-order chi connectivity index (χ1) is 7.63. The van der Waals surface area contributed by atoms with E-state index in [1.165, 1.54) is 19.1 Å². The van der Waals surface area contributed by atoms with Gasteiger partial charge < -0.3 is 9.53 Å². The second kappa shape index (κ2) is 5.86. The minimum Gasteiger partial charge on any atom is -0.491 e. The molecule has 1 aromatic rings. The Labute approximate surface area is 93.5 Å². The van der Waals surface area contributed by atoms with Crippen LogP contribution < -0.4 is 4.74 Å². The van der Waals surface area contributed by atoms with E-state index in [2.05, 4.69) is 0 Å². The third-order valence-electron chi connectivity index (χ3n) is 1.99. The van der Waals surface area contributed by atoms with Crippen LogP contribution in [0.2, 0.25) is 0 Å². The molecule has 0 amide bonds. The van der Waals surface area contributed by atoms with Gasteiger partial charge in [-0.2, -0.15) is 5.26 Å². The Morgan fingerprint density at radius 3 is 2.88 bits per heavy atom. The summed E-state index contributed by atoms with van der Waals surface area (Å²) in [7, 11) is 0. The van der Waals surface area contributed by atoms with Crippen LogP contribution in [0.5, 0.6) is 5.75 Å². The van der Waals surface area contributed by atoms with Crippen molar-refractivity contribution in [1.29, 1.82) is 5.26 Å². The normalized spacial score (nSPS) is 9.56. The lowest BCUT2D eigenvalue weighted by Crippen LogP contribution is -2.01. The highest BCUT2D eigenvalue weighted by Gasteiger charge is 2.04. The van der Waals surface area contributed by atoms with Gasteiger partial charge in [-0.1, -0.05) is 0 Å². The number of nitrogens with zero attached hydrogens (tertiary/aromatic N) is 1. The molecule has 0 aromatic heterocycles. The fourth-order valence-corrected chi connectivity index (χ4v) is 1.19. The van der Waals surface area contributed by atoms with Crippen LogP contribution >= 0.6 is 0 Å². The number of hydrogen-bond acceptors (Lipinski definition) is 3. The van der Waals surface area contributed by atoms with Gasteiger partial charge in [0.2, 0.25) is 0 Å². The van der Waals surface area contributed by atoms with Crippen LogP contribution in [0.4, 0.5) is 4.39 Å². The summed E-state index contributed by atoms with van der Waals surface area (Å²) in [6.45, 7) is 1.80. The quantitative estimate of drug-likeness (QED) is 0.717. The molecule has 0 bridgehead atoms. The molecule has 0 spiro atoms. The number of halogens is 1. The van der Waals surface area contributed by atoms with Crippen molar-refractivity contribution in [2.45, 2.75) is 19.8 Å². The van der Waals surface area contributed by atoms with Gasteiger partial charge in [0, 0.05) is 6.42 Å². The highest BCUT2D eigenvalue weighted by Crippen LogP contribution is 2.18. The summed E-state index contributed by atoms with van der Waals surface area (Å²) in [5.74, 6) is -0.353. The molecule has 1 rings (SSSR count). The molecule has 16 heavy (non-hydrogen) atoms. The third-order valence-corrected chi connectivity index (χ3v) is 1.99. The zero-order chi connectivity index (χ0) is 12.0. The van der Waals surface area contributed by atoms with E-state index in [1.807, 2.05) is 6.07 Å². The SMILES string of the molecule is CC(=O)CCCOc1ccc(C#N)cc1F. The maximum Gasteiger partial charge on any atom is 0.166 e. The molecule has 84 valence electrons. The Balaban J connectivity index is 2.49. The Bertz CT molecular complexity index is 424. The summed E-state index contributed by atoms with van der Waals surface area (Å²) in [5.41, 5.74) is 0.258. The van der Waals surface area contributed by atoms with Crippen molar-refractivity contribution in [2.75, 3.05) is 6.61 Å². The number of carbonyl (C=O) groups excluding carboxylic acids is 1. The molecule has 4 heteroatoms. The Hall–Kier alpha value is -1.89. The van der Waals surface area contributed by atoms with Crippen LogP contribution in [0, 0.1) is 17.1 Å². The van der Waals surface area contributed by atoms with Gasteiger partial charge in [-0.25, -0.2) is 4.39 Å². The molecular formula is C12H12FNO2. The van der Waals surface area contributed by atoms with Crippen molar-refractivity contribution in [2.24, 2.45) is 0 Å². The van der Waals surface area contributed by atoms with Crippen molar-refractivity contribution < 1.29 is 13.9 Å². The first-order valence-electron chi connectivity index (χ1n) is 4.95. The lowest BCUT2D eigenvalue weighted by atomic mass is 10.2. The van der Waals surface area contributed by atoms with E-state index in [4.69, 9.17) is 10.00 Å². The van der Waals surface area contributed by atoms with Gasteiger partial charge in [-0.3, -0.25) is 0 Å². The van der Waals surface area contributed by atoms with Crippen LogP contribution in [0.1, 0.15) is 25.3 Å². The molecule has 0 aliphatic carbocycles. The van der Waals surface area contributed by atoms with E-state index in [9.17, 15) is 9.18 Å². The fourth-order valence-electron chi connectivity index (χ4n) is 1.19. The van der Waals surface area contributed by atoms with E-state index >= 15 is 0 Å². The zero-order valence-electron chi connectivity index (χ0n) is 9.00. The van der Waals surface area contributed by atoms with Gasteiger partial charge >= 0.3 is 0 Å². The first kappa shape index (κ1) is 12.2. The molecule has 0 aliphatic rings. The summed E-state index contributed by atoms with van der Waals surface area (Å²) in [4.78, 5) is 10.6. The first-order valence-corrected chi connectivity index (χ1v) is 4.95. The number of ketones is 1. The Kier molecular flexibility index (Phi) is 4.46. The average Bonchev–Trinajstić information content (AvgIpc) is 2.25. The lowest BCUT2D eigenvalue weighted by Gasteiger charge is -2.06. The summed E-state index contributed by atoms with van der Waals surface area (Å²) in [5, 5.41) is 8.53. The highest BCUT2D eigenvalue weighted by molar-refractivity contribution is 5.75. The van der Waals surface area contributed by atoms with Crippen LogP contribution in [0.25, 0.3) is 0 Å². The Morgan fingerprint density at radius 1 is 1.56 bits per heavy atom. The summed E-state index contributed by atoms with van der Waals surface area (Å²) >= 11 is 0. The number of hydrogen-bond donors (Lipinski definition) is 0. The smallest absolute Gasteiger partial charge is 0.166 e. The maximum absolute atomic E-state index is 13.3. The fraction of sp³-hybridized carbons (Fsp3) is 0.333. The lowest BCUT2D eigenvalue weighted by molar-refractivity contribution is -0.117. The second-order valence-electron chi connectivity index (χ2n) is 3.41. The molecule has 0 N–H and O–H groups in total. The van der Waals surface area contributed by atoms with Gasteiger partial charge in [-0.05, 0) is 31.5 Å². The topological polar surface area (TPSA) is 50.1 Å². The third kappa shape index (κ3) is 3.70. The molecule has 0 saturated carbocycles. The number of nitriles is 1. The van der Waals surface area contributed by atoms with Crippen LogP contribution in [-0.2, 0) is 4.79 Å². The van der Waals surface area contributed by atoms with Gasteiger partial charge in [0.25, 0.3) is 0 Å². The number of carbonyl (C=O) groups is 1. The zero-order valence-corrected chi connectivity index (χ0v) is 9.00. The van der Waals surface area contributed by atoms with Gasteiger partial charge in [-0.15, -0.1) is 0 Å². The van der Waals surface area contributed by atoms with E-state index in [0.29, 0.717) is 19.4 Å². The molecule has 0 heterocycles. The van der Waals surface area contributed by atoms with E-state index in [1.54, 1.807) is 0 Å². The molecule has 0 unspecified atom stereocenters. The minimum absolute atomic E-state index is 0.0869. The van der Waals surface area contributed by atoms with Crippen molar-refractivity contribution in [3.05, 3.63) is 29.6 Å². The molecule has 3 nitrogen and oxygen atoms in total. The summed E-state index contributed by atoms with van der Waals surface area (Å²) < 4.78 is 18.4. The van der Waals surface area contributed by atoms with Crippen molar-refractivity contribution in [3.8, 4) is 11.8 Å². The molecule has 0 aliphatic heterocycles. The van der Waals surface area contributed by atoms with Crippen LogP contribution in [0.15, 0.2) is 18.2 Å². The standard InChI is InChI=1S/C12H12FNO2/c1-9(15)3-2-6-16-12-5-4-10(8-14)7-11(12)13/h4-5,7H,2-3,6H2,1H3. The summed E-state index contributed by atoms with van der Waals surface area (Å²) in [6.07, 6.45) is 0.993. The van der Waals surface area contributed by atoms with Gasteiger partial charge in [0.05, 0.1) is 18.2 Å². The number of ether oxygens (including phenoxy) is 1. The average molecular weight is 221 g/mol. The monoisotopic (exact) mass is 221 g/mol. The number of Topliss-reactive ketones (excluding diaryl/α,β-unsaturated/α-hetero) is 1. The predicted octanol–water partition coefficient (Wildman–Crippen LogP) is 2.45.